The van der Waals surface area contributed by atoms with E-state index in [9.17, 15) is 22.8 Å². The maximum atomic E-state index is 12.8. The Morgan fingerprint density at radius 2 is 2.00 bits per heavy atom. The van der Waals surface area contributed by atoms with Gasteiger partial charge in [-0.3, -0.25) is 4.79 Å². The summed E-state index contributed by atoms with van der Waals surface area (Å²) in [6.45, 7) is 1.35. The van der Waals surface area contributed by atoms with Crippen molar-refractivity contribution in [3.8, 4) is 10.6 Å². The number of carboxylic acid groups (broad SMARTS) is 1. The van der Waals surface area contributed by atoms with E-state index < -0.39 is 29.7 Å². The van der Waals surface area contributed by atoms with E-state index in [0.29, 0.717) is 0 Å². The van der Waals surface area contributed by atoms with Crippen molar-refractivity contribution in [3.63, 3.8) is 0 Å². The number of aromatic nitrogens is 1. The lowest BCUT2D eigenvalue weighted by Crippen LogP contribution is -2.40. The normalized spacial score (nSPS) is 12.7. The van der Waals surface area contributed by atoms with Crippen LogP contribution >= 0.6 is 11.3 Å². The molecule has 1 heterocycles. The van der Waals surface area contributed by atoms with Crippen LogP contribution in [0.5, 0.6) is 0 Å². The first-order valence-electron chi connectivity index (χ1n) is 6.74. The molecule has 1 amide bonds. The average molecular weight is 358 g/mol. The monoisotopic (exact) mass is 358 g/mol. The number of thiazole rings is 1. The molecule has 0 bridgehead atoms. The number of hydrogen-bond acceptors (Lipinski definition) is 4. The zero-order chi connectivity index (χ0) is 18.1. The summed E-state index contributed by atoms with van der Waals surface area (Å²) < 4.78 is 38.3. The minimum absolute atomic E-state index is 0.0111. The third-order valence-electron chi connectivity index (χ3n) is 3.42. The number of carbonyl (C=O) groups is 2. The molecule has 1 atom stereocenters. The topological polar surface area (TPSA) is 70.5 Å². The molecular weight excluding hydrogens is 345 g/mol. The molecule has 0 radical (unpaired) electrons. The molecule has 2 rings (SSSR count). The Balaban J connectivity index is 2.28. The fourth-order valence-corrected chi connectivity index (χ4v) is 2.65. The van der Waals surface area contributed by atoms with E-state index in [1.54, 1.807) is 0 Å². The third kappa shape index (κ3) is 3.73. The number of benzene rings is 1. The molecule has 1 N–H and O–H groups in total. The number of aliphatic carboxylic acids is 1. The summed E-state index contributed by atoms with van der Waals surface area (Å²) in [7, 11) is 1.32. The molecule has 2 aromatic rings. The molecule has 128 valence electrons. The van der Waals surface area contributed by atoms with Gasteiger partial charge in [0.1, 0.15) is 16.7 Å². The Morgan fingerprint density at radius 1 is 1.33 bits per heavy atom. The quantitative estimate of drug-likeness (QED) is 0.910. The first kappa shape index (κ1) is 17.9. The number of alkyl halides is 3. The highest BCUT2D eigenvalue weighted by molar-refractivity contribution is 7.13. The van der Waals surface area contributed by atoms with Gasteiger partial charge >= 0.3 is 12.1 Å². The second kappa shape index (κ2) is 6.60. The Labute approximate surface area is 139 Å². The maximum Gasteiger partial charge on any atom is 0.416 e. The van der Waals surface area contributed by atoms with Crippen LogP contribution in [0, 0.1) is 0 Å². The van der Waals surface area contributed by atoms with Gasteiger partial charge in [-0.05, 0) is 19.1 Å². The van der Waals surface area contributed by atoms with Gasteiger partial charge < -0.3 is 10.0 Å². The molecule has 0 aliphatic rings. The second-order valence-corrected chi connectivity index (χ2v) is 5.90. The second-order valence-electron chi connectivity index (χ2n) is 5.05. The number of hydrogen-bond donors (Lipinski definition) is 1. The van der Waals surface area contributed by atoms with Gasteiger partial charge in [-0.1, -0.05) is 12.1 Å². The van der Waals surface area contributed by atoms with E-state index in [0.717, 1.165) is 28.4 Å². The molecule has 0 spiro atoms. The van der Waals surface area contributed by atoms with E-state index in [2.05, 4.69) is 4.98 Å². The SMILES string of the molecule is CC(C(=O)O)N(C)C(=O)c1csc(-c2cccc(C(F)(F)F)c2)n1. The van der Waals surface area contributed by atoms with Gasteiger partial charge in [0.15, 0.2) is 0 Å². The average Bonchev–Trinajstić information content (AvgIpc) is 3.02. The highest BCUT2D eigenvalue weighted by atomic mass is 32.1. The van der Waals surface area contributed by atoms with Crippen LogP contribution in [0.15, 0.2) is 29.6 Å². The largest absolute Gasteiger partial charge is 0.480 e. The van der Waals surface area contributed by atoms with Crippen LogP contribution in [-0.2, 0) is 11.0 Å². The summed E-state index contributed by atoms with van der Waals surface area (Å²) in [4.78, 5) is 28.1. The van der Waals surface area contributed by atoms with Crippen LogP contribution in [0.1, 0.15) is 23.0 Å². The lowest BCUT2D eigenvalue weighted by atomic mass is 10.1. The molecule has 0 saturated carbocycles. The molecule has 1 aromatic heterocycles. The number of carboxylic acids is 1. The maximum absolute atomic E-state index is 12.8. The lowest BCUT2D eigenvalue weighted by Gasteiger charge is -2.20. The van der Waals surface area contributed by atoms with Gasteiger partial charge in [0.25, 0.3) is 5.91 Å². The third-order valence-corrected chi connectivity index (χ3v) is 4.31. The summed E-state index contributed by atoms with van der Waals surface area (Å²) >= 11 is 1.01. The Kier molecular flexibility index (Phi) is 4.93. The lowest BCUT2D eigenvalue weighted by molar-refractivity contribution is -0.141. The van der Waals surface area contributed by atoms with Crippen molar-refractivity contribution in [1.82, 2.24) is 9.88 Å². The smallest absolute Gasteiger partial charge is 0.416 e. The van der Waals surface area contributed by atoms with E-state index in [-0.39, 0.29) is 16.3 Å². The van der Waals surface area contributed by atoms with Gasteiger partial charge in [-0.15, -0.1) is 11.3 Å². The predicted molar refractivity (Wildman–Crippen MR) is 81.7 cm³/mol. The summed E-state index contributed by atoms with van der Waals surface area (Å²) in [5, 5.41) is 10.6. The Bertz CT molecular complexity index is 773. The van der Waals surface area contributed by atoms with Crippen LogP contribution in [0.3, 0.4) is 0 Å². The zero-order valence-corrected chi connectivity index (χ0v) is 13.5. The van der Waals surface area contributed by atoms with Crippen LogP contribution < -0.4 is 0 Å². The molecule has 0 aliphatic heterocycles. The first-order chi connectivity index (χ1) is 11.1. The van der Waals surface area contributed by atoms with Crippen LogP contribution in [0.4, 0.5) is 13.2 Å². The predicted octanol–water partition coefficient (Wildman–Crippen LogP) is 3.37. The number of likely N-dealkylation sites (N-methyl/N-ethyl adjacent to an activating group) is 1. The first-order valence-corrected chi connectivity index (χ1v) is 7.62. The molecule has 0 fully saturated rings. The number of amides is 1. The van der Waals surface area contributed by atoms with Crippen molar-refractivity contribution in [2.75, 3.05) is 7.05 Å². The van der Waals surface area contributed by atoms with Gasteiger partial charge in [0, 0.05) is 18.0 Å². The van der Waals surface area contributed by atoms with Gasteiger partial charge in [-0.25, -0.2) is 9.78 Å². The molecule has 24 heavy (non-hydrogen) atoms. The molecule has 1 aromatic carbocycles. The Hall–Kier alpha value is -2.42. The number of rotatable bonds is 4. The molecule has 5 nitrogen and oxygen atoms in total. The van der Waals surface area contributed by atoms with Crippen molar-refractivity contribution in [1.29, 1.82) is 0 Å². The Morgan fingerprint density at radius 3 is 2.58 bits per heavy atom. The van der Waals surface area contributed by atoms with Crippen molar-refractivity contribution in [2.24, 2.45) is 0 Å². The zero-order valence-electron chi connectivity index (χ0n) is 12.7. The van der Waals surface area contributed by atoms with Crippen molar-refractivity contribution < 1.29 is 27.9 Å². The van der Waals surface area contributed by atoms with E-state index in [4.69, 9.17) is 5.11 Å². The minimum Gasteiger partial charge on any atom is -0.480 e. The number of nitrogens with zero attached hydrogens (tertiary/aromatic N) is 2. The molecular formula is C15H13F3N2O3S. The van der Waals surface area contributed by atoms with Crippen LogP contribution in [-0.4, -0.2) is 40.0 Å². The van der Waals surface area contributed by atoms with Gasteiger partial charge in [0.2, 0.25) is 0 Å². The summed E-state index contributed by atoms with van der Waals surface area (Å²) in [6, 6.07) is 3.59. The fourth-order valence-electron chi connectivity index (χ4n) is 1.86. The van der Waals surface area contributed by atoms with E-state index in [1.165, 1.54) is 31.5 Å². The van der Waals surface area contributed by atoms with Gasteiger partial charge in [0.05, 0.1) is 5.56 Å². The van der Waals surface area contributed by atoms with Crippen LogP contribution in [0.25, 0.3) is 10.6 Å². The number of carbonyl (C=O) groups excluding carboxylic acids is 1. The number of halogens is 3. The van der Waals surface area contributed by atoms with Crippen LogP contribution in [0.2, 0.25) is 0 Å². The van der Waals surface area contributed by atoms with Gasteiger partial charge in [-0.2, -0.15) is 13.2 Å². The fraction of sp³-hybridized carbons (Fsp3) is 0.267. The molecule has 0 saturated heterocycles. The highest BCUT2D eigenvalue weighted by Gasteiger charge is 2.31. The molecule has 1 unspecified atom stereocenters. The van der Waals surface area contributed by atoms with E-state index >= 15 is 0 Å². The van der Waals surface area contributed by atoms with Crippen molar-refractivity contribution in [2.45, 2.75) is 19.1 Å². The molecule has 9 heteroatoms. The molecule has 0 aliphatic carbocycles. The standard InChI is InChI=1S/C15H13F3N2O3S/c1-8(14(22)23)20(2)13(21)11-7-24-12(19-11)9-4-3-5-10(6-9)15(16,17)18/h3-8H,1-2H3,(H,22,23). The summed E-state index contributed by atoms with van der Waals surface area (Å²) in [5.74, 6) is -1.78. The van der Waals surface area contributed by atoms with Crippen molar-refractivity contribution >= 4 is 23.2 Å². The van der Waals surface area contributed by atoms with E-state index in [1.807, 2.05) is 0 Å². The highest BCUT2D eigenvalue weighted by Crippen LogP contribution is 2.33. The summed E-state index contributed by atoms with van der Waals surface area (Å²) in [6.07, 6.45) is -4.47. The minimum atomic E-state index is -4.47. The summed E-state index contributed by atoms with van der Waals surface area (Å²) in [5.41, 5.74) is -0.578. The van der Waals surface area contributed by atoms with Crippen molar-refractivity contribution in [3.05, 3.63) is 40.9 Å².